The molecule has 0 atom stereocenters. The van der Waals surface area contributed by atoms with Crippen LogP contribution in [-0.2, 0) is 17.8 Å². The van der Waals surface area contributed by atoms with Crippen LogP contribution in [-0.4, -0.2) is 22.8 Å². The number of hydrogen-bond donors (Lipinski definition) is 0. The van der Waals surface area contributed by atoms with E-state index in [1.807, 2.05) is 18.2 Å². The Bertz CT molecular complexity index is 811. The maximum Gasteiger partial charge on any atom is 0.222 e. The van der Waals surface area contributed by atoms with E-state index < -0.39 is 0 Å². The van der Waals surface area contributed by atoms with E-state index >= 15 is 0 Å². The number of rotatable bonds is 7. The second-order valence-electron chi connectivity index (χ2n) is 6.16. The number of amides is 1. The highest BCUT2D eigenvalue weighted by molar-refractivity contribution is 7.18. The van der Waals surface area contributed by atoms with E-state index in [2.05, 4.69) is 11.1 Å². The zero-order chi connectivity index (χ0) is 17.6. The molecule has 3 aromatic rings. The first-order chi connectivity index (χ1) is 12.1. The lowest BCUT2D eigenvalue weighted by Crippen LogP contribution is -2.25. The summed E-state index contributed by atoms with van der Waals surface area (Å²) in [7, 11) is 1.79. The summed E-state index contributed by atoms with van der Waals surface area (Å²) in [5.74, 6) is -0.138. The molecule has 5 heteroatoms. The highest BCUT2D eigenvalue weighted by Crippen LogP contribution is 2.23. The first-order valence-corrected chi connectivity index (χ1v) is 9.26. The van der Waals surface area contributed by atoms with Crippen LogP contribution in [0.4, 0.5) is 4.39 Å². The van der Waals surface area contributed by atoms with Gasteiger partial charge in [-0.1, -0.05) is 24.3 Å². The Balaban J connectivity index is 1.41. The highest BCUT2D eigenvalue weighted by atomic mass is 32.1. The third kappa shape index (κ3) is 4.86. The molecule has 2 aromatic carbocycles. The number of carbonyl (C=O) groups excluding carboxylic acids is 1. The van der Waals surface area contributed by atoms with Crippen LogP contribution in [0.15, 0.2) is 48.5 Å². The van der Waals surface area contributed by atoms with Crippen LogP contribution in [0, 0.1) is 5.82 Å². The average Bonchev–Trinajstić information content (AvgIpc) is 3.03. The average molecular weight is 356 g/mol. The van der Waals surface area contributed by atoms with Crippen LogP contribution >= 0.6 is 11.3 Å². The zero-order valence-electron chi connectivity index (χ0n) is 14.2. The molecule has 130 valence electrons. The molecule has 0 unspecified atom stereocenters. The van der Waals surface area contributed by atoms with Gasteiger partial charge >= 0.3 is 0 Å². The second kappa shape index (κ2) is 8.21. The molecular weight excluding hydrogens is 335 g/mol. The summed E-state index contributed by atoms with van der Waals surface area (Å²) in [6.45, 7) is 0.511. The Labute approximate surface area is 151 Å². The molecule has 0 radical (unpaired) electrons. The van der Waals surface area contributed by atoms with Crippen LogP contribution < -0.4 is 0 Å². The van der Waals surface area contributed by atoms with Gasteiger partial charge in [-0.15, -0.1) is 11.3 Å². The molecule has 0 saturated carbocycles. The SMILES string of the molecule is CN(Cc1ccc(F)cc1)C(=O)CCCCc1nc2ccccc2s1. The predicted molar refractivity (Wildman–Crippen MR) is 100 cm³/mol. The lowest BCUT2D eigenvalue weighted by molar-refractivity contribution is -0.130. The fourth-order valence-electron chi connectivity index (χ4n) is 2.72. The molecule has 1 heterocycles. The van der Waals surface area contributed by atoms with Crippen LogP contribution in [0.1, 0.15) is 29.8 Å². The fourth-order valence-corrected chi connectivity index (χ4v) is 3.73. The Hall–Kier alpha value is -2.27. The molecule has 0 spiro atoms. The van der Waals surface area contributed by atoms with Crippen molar-refractivity contribution < 1.29 is 9.18 Å². The van der Waals surface area contributed by atoms with E-state index in [4.69, 9.17) is 0 Å². The minimum Gasteiger partial charge on any atom is -0.341 e. The number of nitrogens with zero attached hydrogens (tertiary/aromatic N) is 2. The molecular formula is C20H21FN2OS. The monoisotopic (exact) mass is 356 g/mol. The number of fused-ring (bicyclic) bond motifs is 1. The molecule has 0 N–H and O–H groups in total. The summed E-state index contributed by atoms with van der Waals surface area (Å²) in [5.41, 5.74) is 1.99. The molecule has 0 bridgehead atoms. The van der Waals surface area contributed by atoms with Crippen LogP contribution in [0.5, 0.6) is 0 Å². The van der Waals surface area contributed by atoms with Gasteiger partial charge in [-0.2, -0.15) is 0 Å². The maximum absolute atomic E-state index is 12.9. The number of hydrogen-bond acceptors (Lipinski definition) is 3. The van der Waals surface area contributed by atoms with E-state index in [9.17, 15) is 9.18 Å². The van der Waals surface area contributed by atoms with E-state index in [1.165, 1.54) is 16.8 Å². The van der Waals surface area contributed by atoms with Crippen molar-refractivity contribution in [3.8, 4) is 0 Å². The molecule has 0 aliphatic rings. The van der Waals surface area contributed by atoms with Gasteiger partial charge in [0.25, 0.3) is 0 Å². The van der Waals surface area contributed by atoms with E-state index in [1.54, 1.807) is 35.4 Å². The zero-order valence-corrected chi connectivity index (χ0v) is 15.1. The van der Waals surface area contributed by atoms with Gasteiger partial charge < -0.3 is 4.90 Å². The Morgan fingerprint density at radius 1 is 1.12 bits per heavy atom. The van der Waals surface area contributed by atoms with Gasteiger partial charge in [0, 0.05) is 20.0 Å². The second-order valence-corrected chi connectivity index (χ2v) is 7.27. The summed E-state index contributed by atoms with van der Waals surface area (Å²) in [6.07, 6.45) is 3.25. The molecule has 3 nitrogen and oxygen atoms in total. The first-order valence-electron chi connectivity index (χ1n) is 8.44. The standard InChI is InChI=1S/C20H21FN2OS/c1-23(14-15-10-12-16(21)13-11-15)20(24)9-5-4-8-19-22-17-6-2-3-7-18(17)25-19/h2-3,6-7,10-13H,4-5,8-9,14H2,1H3. The summed E-state index contributed by atoms with van der Waals surface area (Å²) in [5, 5.41) is 1.13. The minimum absolute atomic E-state index is 0.119. The largest absolute Gasteiger partial charge is 0.341 e. The van der Waals surface area contributed by atoms with Crippen LogP contribution in [0.25, 0.3) is 10.2 Å². The lowest BCUT2D eigenvalue weighted by atomic mass is 10.1. The number of unbranched alkanes of at least 4 members (excludes halogenated alkanes) is 1. The first kappa shape index (κ1) is 17.5. The smallest absolute Gasteiger partial charge is 0.222 e. The molecule has 0 fully saturated rings. The number of thiazole rings is 1. The third-order valence-corrected chi connectivity index (χ3v) is 5.22. The molecule has 1 amide bonds. The number of benzene rings is 2. The molecule has 3 rings (SSSR count). The van der Waals surface area contributed by atoms with Crippen molar-refractivity contribution in [2.24, 2.45) is 0 Å². The van der Waals surface area contributed by atoms with Gasteiger partial charge in [-0.3, -0.25) is 4.79 Å². The molecule has 0 aliphatic heterocycles. The number of halogens is 1. The van der Waals surface area contributed by atoms with Crippen molar-refractivity contribution in [2.75, 3.05) is 7.05 Å². The highest BCUT2D eigenvalue weighted by Gasteiger charge is 2.10. The van der Waals surface area contributed by atoms with E-state index in [0.717, 1.165) is 35.4 Å². The van der Waals surface area contributed by atoms with Crippen molar-refractivity contribution in [2.45, 2.75) is 32.2 Å². The third-order valence-electron chi connectivity index (χ3n) is 4.13. The van der Waals surface area contributed by atoms with E-state index in [0.29, 0.717) is 13.0 Å². The van der Waals surface area contributed by atoms with Gasteiger partial charge in [0.05, 0.1) is 15.2 Å². The van der Waals surface area contributed by atoms with Crippen molar-refractivity contribution in [1.82, 2.24) is 9.88 Å². The number of para-hydroxylation sites is 1. The summed E-state index contributed by atoms with van der Waals surface area (Å²) in [4.78, 5) is 18.5. The normalized spacial score (nSPS) is 11.0. The Morgan fingerprint density at radius 2 is 1.88 bits per heavy atom. The number of carbonyl (C=O) groups is 1. The summed E-state index contributed by atoms with van der Waals surface area (Å²) in [6, 6.07) is 14.4. The van der Waals surface area contributed by atoms with Gasteiger partial charge in [0.1, 0.15) is 5.82 Å². The van der Waals surface area contributed by atoms with Crippen molar-refractivity contribution in [3.63, 3.8) is 0 Å². The number of aryl methyl sites for hydroxylation is 1. The minimum atomic E-state index is -0.257. The predicted octanol–water partition coefficient (Wildman–Crippen LogP) is 4.81. The maximum atomic E-state index is 12.9. The Morgan fingerprint density at radius 3 is 2.64 bits per heavy atom. The topological polar surface area (TPSA) is 33.2 Å². The molecule has 0 aliphatic carbocycles. The molecule has 0 saturated heterocycles. The summed E-state index contributed by atoms with van der Waals surface area (Å²) < 4.78 is 14.1. The molecule has 25 heavy (non-hydrogen) atoms. The lowest BCUT2D eigenvalue weighted by Gasteiger charge is -2.17. The van der Waals surface area contributed by atoms with Crippen LogP contribution in [0.3, 0.4) is 0 Å². The van der Waals surface area contributed by atoms with Crippen molar-refractivity contribution in [3.05, 3.63) is 64.9 Å². The van der Waals surface area contributed by atoms with Crippen LogP contribution in [0.2, 0.25) is 0 Å². The number of aromatic nitrogens is 1. The summed E-state index contributed by atoms with van der Waals surface area (Å²) >= 11 is 1.73. The van der Waals surface area contributed by atoms with E-state index in [-0.39, 0.29) is 11.7 Å². The Kier molecular flexibility index (Phi) is 5.76. The van der Waals surface area contributed by atoms with Gasteiger partial charge in [-0.25, -0.2) is 9.37 Å². The van der Waals surface area contributed by atoms with Crippen molar-refractivity contribution in [1.29, 1.82) is 0 Å². The van der Waals surface area contributed by atoms with Gasteiger partial charge in [0.15, 0.2) is 0 Å². The fraction of sp³-hybridized carbons (Fsp3) is 0.300. The quantitative estimate of drug-likeness (QED) is 0.569. The molecule has 1 aromatic heterocycles. The van der Waals surface area contributed by atoms with Crippen molar-refractivity contribution >= 4 is 27.5 Å². The van der Waals surface area contributed by atoms with Gasteiger partial charge in [-0.05, 0) is 49.1 Å². The van der Waals surface area contributed by atoms with Gasteiger partial charge in [0.2, 0.25) is 5.91 Å².